The van der Waals surface area contributed by atoms with Gasteiger partial charge in [0, 0.05) is 5.41 Å². The van der Waals surface area contributed by atoms with E-state index in [9.17, 15) is 0 Å². The van der Waals surface area contributed by atoms with Crippen LogP contribution in [0.4, 0.5) is 0 Å². The standard InChI is InChI=1S/C13H24OSi/c1-11(14-15(5,6)7)13(4)10-8-9-12(13,2)3/h8-9H,1,10H2,2-7H3/t13-/m0/s1. The Morgan fingerprint density at radius 2 is 1.80 bits per heavy atom. The number of hydrogen-bond donors (Lipinski definition) is 0. The summed E-state index contributed by atoms with van der Waals surface area (Å²) in [6, 6.07) is 0. The molecule has 0 heterocycles. The van der Waals surface area contributed by atoms with Crippen molar-refractivity contribution in [3.63, 3.8) is 0 Å². The second kappa shape index (κ2) is 3.51. The molecule has 1 aliphatic rings. The van der Waals surface area contributed by atoms with Gasteiger partial charge in [-0.2, -0.15) is 0 Å². The first kappa shape index (κ1) is 12.6. The predicted octanol–water partition coefficient (Wildman–Crippen LogP) is 4.34. The lowest BCUT2D eigenvalue weighted by Gasteiger charge is -2.41. The van der Waals surface area contributed by atoms with E-state index in [1.165, 1.54) is 0 Å². The van der Waals surface area contributed by atoms with Crippen molar-refractivity contribution in [1.29, 1.82) is 0 Å². The van der Waals surface area contributed by atoms with Crippen LogP contribution in [0.3, 0.4) is 0 Å². The van der Waals surface area contributed by atoms with Gasteiger partial charge in [0.15, 0.2) is 0 Å². The van der Waals surface area contributed by atoms with E-state index < -0.39 is 8.32 Å². The molecule has 0 aliphatic heterocycles. The molecule has 0 bridgehead atoms. The summed E-state index contributed by atoms with van der Waals surface area (Å²) in [6.07, 6.45) is 5.58. The first-order valence-corrected chi connectivity index (χ1v) is 9.05. The van der Waals surface area contributed by atoms with Crippen LogP contribution in [0.25, 0.3) is 0 Å². The van der Waals surface area contributed by atoms with Crippen LogP contribution in [-0.2, 0) is 4.43 Å². The van der Waals surface area contributed by atoms with E-state index in [0.29, 0.717) is 0 Å². The molecule has 0 radical (unpaired) electrons. The average molecular weight is 224 g/mol. The highest BCUT2D eigenvalue weighted by Crippen LogP contribution is 2.52. The minimum Gasteiger partial charge on any atom is -0.547 e. The van der Waals surface area contributed by atoms with Gasteiger partial charge in [0.2, 0.25) is 8.32 Å². The van der Waals surface area contributed by atoms with Gasteiger partial charge in [-0.15, -0.1) is 0 Å². The van der Waals surface area contributed by atoms with Crippen LogP contribution in [0.1, 0.15) is 27.2 Å². The lowest BCUT2D eigenvalue weighted by Crippen LogP contribution is -2.37. The van der Waals surface area contributed by atoms with Crippen LogP contribution in [0.15, 0.2) is 24.5 Å². The molecule has 1 aliphatic carbocycles. The quantitative estimate of drug-likeness (QED) is 0.393. The van der Waals surface area contributed by atoms with Gasteiger partial charge in [0.25, 0.3) is 0 Å². The van der Waals surface area contributed by atoms with Gasteiger partial charge in [-0.25, -0.2) is 0 Å². The maximum Gasteiger partial charge on any atom is 0.241 e. The van der Waals surface area contributed by atoms with Gasteiger partial charge in [0.05, 0.1) is 5.76 Å². The molecule has 0 amide bonds. The fourth-order valence-electron chi connectivity index (χ4n) is 1.99. The smallest absolute Gasteiger partial charge is 0.241 e. The Kier molecular flexibility index (Phi) is 2.94. The van der Waals surface area contributed by atoms with E-state index in [4.69, 9.17) is 4.43 Å². The van der Waals surface area contributed by atoms with Crippen molar-refractivity contribution in [2.45, 2.75) is 46.8 Å². The van der Waals surface area contributed by atoms with E-state index in [-0.39, 0.29) is 10.8 Å². The fraction of sp³-hybridized carbons (Fsp3) is 0.692. The van der Waals surface area contributed by atoms with Crippen molar-refractivity contribution in [2.24, 2.45) is 10.8 Å². The maximum absolute atomic E-state index is 6.06. The van der Waals surface area contributed by atoms with Crippen molar-refractivity contribution >= 4 is 8.32 Å². The van der Waals surface area contributed by atoms with E-state index in [2.05, 4.69) is 59.1 Å². The van der Waals surface area contributed by atoms with Crippen molar-refractivity contribution < 1.29 is 4.43 Å². The van der Waals surface area contributed by atoms with Crippen LogP contribution >= 0.6 is 0 Å². The SMILES string of the molecule is C=C(O[Si](C)(C)C)[C@]1(C)CC=CC1(C)C. The Hall–Kier alpha value is -0.503. The molecular formula is C13H24OSi. The Morgan fingerprint density at radius 1 is 1.27 bits per heavy atom. The van der Waals surface area contributed by atoms with Crippen molar-refractivity contribution in [3.8, 4) is 0 Å². The van der Waals surface area contributed by atoms with E-state index in [0.717, 1.165) is 12.2 Å². The molecule has 0 spiro atoms. The molecular weight excluding hydrogens is 200 g/mol. The van der Waals surface area contributed by atoms with E-state index in [1.807, 2.05) is 0 Å². The normalized spacial score (nSPS) is 29.2. The molecule has 0 fully saturated rings. The predicted molar refractivity (Wildman–Crippen MR) is 69.2 cm³/mol. The van der Waals surface area contributed by atoms with Crippen LogP contribution in [0, 0.1) is 10.8 Å². The third-order valence-corrected chi connectivity index (χ3v) is 4.39. The monoisotopic (exact) mass is 224 g/mol. The number of rotatable bonds is 3. The summed E-state index contributed by atoms with van der Waals surface area (Å²) in [5.41, 5.74) is 0.219. The molecule has 86 valence electrons. The van der Waals surface area contributed by atoms with Gasteiger partial charge in [-0.3, -0.25) is 0 Å². The Labute approximate surface area is 95.4 Å². The number of hydrogen-bond acceptors (Lipinski definition) is 1. The van der Waals surface area contributed by atoms with E-state index >= 15 is 0 Å². The van der Waals surface area contributed by atoms with Crippen molar-refractivity contribution in [1.82, 2.24) is 0 Å². The van der Waals surface area contributed by atoms with Crippen molar-refractivity contribution in [2.75, 3.05) is 0 Å². The molecule has 2 heteroatoms. The van der Waals surface area contributed by atoms with Crippen LogP contribution < -0.4 is 0 Å². The molecule has 0 aromatic rings. The number of allylic oxidation sites excluding steroid dienone is 3. The Bertz CT molecular complexity index is 296. The van der Waals surface area contributed by atoms with Crippen LogP contribution in [-0.4, -0.2) is 8.32 Å². The fourth-order valence-corrected chi connectivity index (χ4v) is 2.96. The second-order valence-electron chi connectivity index (χ2n) is 6.30. The zero-order chi connectivity index (χ0) is 11.9. The summed E-state index contributed by atoms with van der Waals surface area (Å²) in [7, 11) is -1.52. The molecule has 0 aromatic carbocycles. The molecule has 0 saturated carbocycles. The Morgan fingerprint density at radius 3 is 2.13 bits per heavy atom. The minimum absolute atomic E-state index is 0.0628. The van der Waals surface area contributed by atoms with Gasteiger partial charge >= 0.3 is 0 Å². The summed E-state index contributed by atoms with van der Waals surface area (Å²) in [6.45, 7) is 17.6. The highest BCUT2D eigenvalue weighted by Gasteiger charge is 2.45. The highest BCUT2D eigenvalue weighted by atomic mass is 28.4. The molecule has 1 rings (SSSR count). The molecule has 1 nitrogen and oxygen atoms in total. The van der Waals surface area contributed by atoms with Gasteiger partial charge in [0.1, 0.15) is 0 Å². The van der Waals surface area contributed by atoms with Crippen LogP contribution in [0.2, 0.25) is 19.6 Å². The van der Waals surface area contributed by atoms with E-state index in [1.54, 1.807) is 0 Å². The summed E-state index contributed by atoms with van der Waals surface area (Å²) in [5.74, 6) is 0.969. The molecule has 0 aromatic heterocycles. The first-order chi connectivity index (χ1) is 6.58. The molecule has 0 unspecified atom stereocenters. The van der Waals surface area contributed by atoms with Crippen molar-refractivity contribution in [3.05, 3.63) is 24.5 Å². The van der Waals surface area contributed by atoms with Gasteiger partial charge in [-0.05, 0) is 31.5 Å². The highest BCUT2D eigenvalue weighted by molar-refractivity contribution is 6.70. The zero-order valence-electron chi connectivity index (χ0n) is 11.0. The third kappa shape index (κ3) is 2.36. The van der Waals surface area contributed by atoms with Crippen LogP contribution in [0.5, 0.6) is 0 Å². The van der Waals surface area contributed by atoms with Gasteiger partial charge < -0.3 is 4.43 Å². The largest absolute Gasteiger partial charge is 0.547 e. The molecule has 1 atom stereocenters. The first-order valence-electron chi connectivity index (χ1n) is 5.65. The third-order valence-electron chi connectivity index (χ3n) is 3.53. The minimum atomic E-state index is -1.52. The summed E-state index contributed by atoms with van der Waals surface area (Å²) in [5, 5.41) is 0. The summed E-state index contributed by atoms with van der Waals surface area (Å²) < 4.78 is 6.06. The average Bonchev–Trinajstić information content (AvgIpc) is 2.24. The molecule has 0 N–H and O–H groups in total. The second-order valence-corrected chi connectivity index (χ2v) is 10.7. The Balaban J connectivity index is 2.85. The maximum atomic E-state index is 6.06. The summed E-state index contributed by atoms with van der Waals surface area (Å²) >= 11 is 0. The lowest BCUT2D eigenvalue weighted by molar-refractivity contribution is 0.145. The topological polar surface area (TPSA) is 9.23 Å². The lowest BCUT2D eigenvalue weighted by atomic mass is 9.68. The summed E-state index contributed by atoms with van der Waals surface area (Å²) in [4.78, 5) is 0. The van der Waals surface area contributed by atoms with Gasteiger partial charge in [-0.1, -0.05) is 39.5 Å². The molecule has 0 saturated heterocycles. The zero-order valence-corrected chi connectivity index (χ0v) is 12.0. The molecule has 15 heavy (non-hydrogen) atoms.